The van der Waals surface area contributed by atoms with Gasteiger partial charge < -0.3 is 5.32 Å². The minimum atomic E-state index is 0.572. The number of nitrogens with one attached hydrogen (secondary N) is 1. The van der Waals surface area contributed by atoms with Gasteiger partial charge in [-0.15, -0.1) is 0 Å². The lowest BCUT2D eigenvalue weighted by molar-refractivity contribution is 0.192. The zero-order chi connectivity index (χ0) is 12.3. The first-order valence-corrected chi connectivity index (χ1v) is 6.37. The fourth-order valence-electron chi connectivity index (χ4n) is 2.60. The molecule has 1 aliphatic rings. The number of hydrogen-bond acceptors (Lipinski definition) is 2. The van der Waals surface area contributed by atoms with E-state index in [0.29, 0.717) is 12.1 Å². The van der Waals surface area contributed by atoms with E-state index in [1.165, 1.54) is 11.1 Å². The van der Waals surface area contributed by atoms with Gasteiger partial charge in [-0.2, -0.15) is 0 Å². The monoisotopic (exact) mass is 230 g/mol. The van der Waals surface area contributed by atoms with Crippen LogP contribution in [0.2, 0.25) is 0 Å². The number of nitrogens with zero attached hydrogens (tertiary/aromatic N) is 1. The van der Waals surface area contributed by atoms with Crippen molar-refractivity contribution < 1.29 is 0 Å². The van der Waals surface area contributed by atoms with Crippen molar-refractivity contribution in [1.82, 2.24) is 10.2 Å². The Bertz CT molecular complexity index is 362. The second-order valence-corrected chi connectivity index (χ2v) is 5.13. The molecular weight excluding hydrogens is 208 g/mol. The van der Waals surface area contributed by atoms with E-state index in [9.17, 15) is 0 Å². The molecule has 1 fully saturated rings. The number of piperazine rings is 1. The first-order chi connectivity index (χ1) is 8.15. The van der Waals surface area contributed by atoms with Crippen LogP contribution < -0.4 is 5.32 Å². The molecule has 1 aliphatic heterocycles. The molecule has 0 radical (unpaired) electrons. The van der Waals surface area contributed by atoms with Crippen LogP contribution in [0.4, 0.5) is 0 Å². The quantitative estimate of drug-likeness (QED) is 0.857. The summed E-state index contributed by atoms with van der Waals surface area (Å²) in [6, 6.07) is 11.6. The first kappa shape index (κ1) is 12.3. The van der Waals surface area contributed by atoms with E-state index in [1.807, 2.05) is 6.07 Å². The predicted molar refractivity (Wildman–Crippen MR) is 74.0 cm³/mol. The van der Waals surface area contributed by atoms with Crippen molar-refractivity contribution in [2.24, 2.45) is 0 Å². The van der Waals surface area contributed by atoms with Gasteiger partial charge in [0.1, 0.15) is 0 Å². The summed E-state index contributed by atoms with van der Waals surface area (Å²) in [6.45, 7) is 11.9. The van der Waals surface area contributed by atoms with E-state index in [4.69, 9.17) is 0 Å². The summed E-state index contributed by atoms with van der Waals surface area (Å²) in [6.07, 6.45) is 0. The van der Waals surface area contributed by atoms with Gasteiger partial charge in [0.25, 0.3) is 0 Å². The summed E-state index contributed by atoms with van der Waals surface area (Å²) in [7, 11) is 0. The summed E-state index contributed by atoms with van der Waals surface area (Å²) in [5.41, 5.74) is 2.47. The summed E-state index contributed by atoms with van der Waals surface area (Å²) < 4.78 is 0. The van der Waals surface area contributed by atoms with Crippen molar-refractivity contribution in [2.45, 2.75) is 25.9 Å². The third kappa shape index (κ3) is 3.42. The highest BCUT2D eigenvalue weighted by molar-refractivity contribution is 5.64. The standard InChI is InChI=1S/C15H22N2/c1-12(15-7-5-4-6-8-15)9-17-10-13(2)16-14(3)11-17/h4-8,13-14,16H,1,9-11H2,2-3H3. The van der Waals surface area contributed by atoms with Gasteiger partial charge in [0, 0.05) is 31.7 Å². The SMILES string of the molecule is C=C(CN1CC(C)NC(C)C1)c1ccccc1. The molecule has 17 heavy (non-hydrogen) atoms. The molecule has 1 heterocycles. The predicted octanol–water partition coefficient (Wildman–Crippen LogP) is 2.38. The average Bonchev–Trinajstić information content (AvgIpc) is 2.28. The summed E-state index contributed by atoms with van der Waals surface area (Å²) in [5.74, 6) is 0. The zero-order valence-corrected chi connectivity index (χ0v) is 10.8. The molecule has 1 saturated heterocycles. The van der Waals surface area contributed by atoms with Gasteiger partial charge in [-0.25, -0.2) is 0 Å². The molecule has 2 nitrogen and oxygen atoms in total. The Kier molecular flexibility index (Phi) is 3.97. The summed E-state index contributed by atoms with van der Waals surface area (Å²) in [5, 5.41) is 3.55. The Hall–Kier alpha value is -1.12. The van der Waals surface area contributed by atoms with Crippen LogP contribution in [-0.4, -0.2) is 36.6 Å². The zero-order valence-electron chi connectivity index (χ0n) is 10.8. The van der Waals surface area contributed by atoms with Crippen LogP contribution >= 0.6 is 0 Å². The Morgan fingerprint density at radius 1 is 1.24 bits per heavy atom. The number of benzene rings is 1. The van der Waals surface area contributed by atoms with Crippen LogP contribution in [0.5, 0.6) is 0 Å². The van der Waals surface area contributed by atoms with Crippen molar-refractivity contribution >= 4 is 5.57 Å². The molecule has 2 unspecified atom stereocenters. The van der Waals surface area contributed by atoms with E-state index >= 15 is 0 Å². The lowest BCUT2D eigenvalue weighted by atomic mass is 10.1. The van der Waals surface area contributed by atoms with E-state index in [0.717, 1.165) is 19.6 Å². The van der Waals surface area contributed by atoms with Gasteiger partial charge >= 0.3 is 0 Å². The lowest BCUT2D eigenvalue weighted by Gasteiger charge is -2.36. The Labute approximate surface area is 104 Å². The Morgan fingerprint density at radius 2 is 1.82 bits per heavy atom. The fraction of sp³-hybridized carbons (Fsp3) is 0.467. The minimum absolute atomic E-state index is 0.572. The Balaban J connectivity index is 1.95. The molecule has 0 saturated carbocycles. The Morgan fingerprint density at radius 3 is 2.41 bits per heavy atom. The number of hydrogen-bond donors (Lipinski definition) is 1. The maximum atomic E-state index is 4.21. The molecule has 2 rings (SSSR count). The van der Waals surface area contributed by atoms with Crippen molar-refractivity contribution in [2.75, 3.05) is 19.6 Å². The molecule has 92 valence electrons. The molecule has 0 bridgehead atoms. The molecule has 2 atom stereocenters. The van der Waals surface area contributed by atoms with Gasteiger partial charge in [-0.05, 0) is 25.0 Å². The van der Waals surface area contributed by atoms with E-state index in [1.54, 1.807) is 0 Å². The molecule has 1 aromatic rings. The van der Waals surface area contributed by atoms with Crippen LogP contribution in [-0.2, 0) is 0 Å². The largest absolute Gasteiger partial charge is 0.309 e. The third-order valence-electron chi connectivity index (χ3n) is 3.23. The van der Waals surface area contributed by atoms with Gasteiger partial charge in [0.15, 0.2) is 0 Å². The summed E-state index contributed by atoms with van der Waals surface area (Å²) >= 11 is 0. The second kappa shape index (κ2) is 5.48. The van der Waals surface area contributed by atoms with Crippen LogP contribution in [0.3, 0.4) is 0 Å². The third-order valence-corrected chi connectivity index (χ3v) is 3.23. The maximum absolute atomic E-state index is 4.21. The molecule has 1 aromatic carbocycles. The molecule has 2 heteroatoms. The van der Waals surface area contributed by atoms with Crippen molar-refractivity contribution in [3.05, 3.63) is 42.5 Å². The highest BCUT2D eigenvalue weighted by Crippen LogP contribution is 2.15. The van der Waals surface area contributed by atoms with Crippen molar-refractivity contribution in [3.8, 4) is 0 Å². The molecule has 0 aromatic heterocycles. The van der Waals surface area contributed by atoms with Gasteiger partial charge in [0.05, 0.1) is 0 Å². The first-order valence-electron chi connectivity index (χ1n) is 6.37. The van der Waals surface area contributed by atoms with Crippen LogP contribution in [0, 0.1) is 0 Å². The second-order valence-electron chi connectivity index (χ2n) is 5.13. The molecule has 0 aliphatic carbocycles. The van der Waals surface area contributed by atoms with Crippen molar-refractivity contribution in [3.63, 3.8) is 0 Å². The van der Waals surface area contributed by atoms with Crippen LogP contribution in [0.25, 0.3) is 5.57 Å². The van der Waals surface area contributed by atoms with E-state index < -0.39 is 0 Å². The normalized spacial score (nSPS) is 25.8. The highest BCUT2D eigenvalue weighted by atomic mass is 15.2. The average molecular weight is 230 g/mol. The highest BCUT2D eigenvalue weighted by Gasteiger charge is 2.21. The number of rotatable bonds is 3. The molecule has 0 amide bonds. The van der Waals surface area contributed by atoms with Crippen LogP contribution in [0.1, 0.15) is 19.4 Å². The smallest absolute Gasteiger partial charge is 0.0235 e. The molecule has 1 N–H and O–H groups in total. The molecule has 0 spiro atoms. The lowest BCUT2D eigenvalue weighted by Crippen LogP contribution is -2.54. The topological polar surface area (TPSA) is 15.3 Å². The molecular formula is C15H22N2. The fourth-order valence-corrected chi connectivity index (χ4v) is 2.60. The van der Waals surface area contributed by atoms with Crippen LogP contribution in [0.15, 0.2) is 36.9 Å². The van der Waals surface area contributed by atoms with Gasteiger partial charge in [-0.3, -0.25) is 4.90 Å². The minimum Gasteiger partial charge on any atom is -0.309 e. The van der Waals surface area contributed by atoms with Crippen molar-refractivity contribution in [1.29, 1.82) is 0 Å². The van der Waals surface area contributed by atoms with Gasteiger partial charge in [0.2, 0.25) is 0 Å². The van der Waals surface area contributed by atoms with E-state index in [2.05, 4.69) is 54.9 Å². The van der Waals surface area contributed by atoms with Gasteiger partial charge in [-0.1, -0.05) is 36.9 Å². The maximum Gasteiger partial charge on any atom is 0.0235 e. The van der Waals surface area contributed by atoms with E-state index in [-0.39, 0.29) is 0 Å². The summed E-state index contributed by atoms with van der Waals surface area (Å²) in [4.78, 5) is 2.49.